The highest BCUT2D eigenvalue weighted by atomic mass is 35.5. The Hall–Kier alpha value is -2.87. The first-order valence-corrected chi connectivity index (χ1v) is 13.8. The summed E-state index contributed by atoms with van der Waals surface area (Å²) >= 11 is 12.4. The Morgan fingerprint density at radius 1 is 1.00 bits per heavy atom. The lowest BCUT2D eigenvalue weighted by molar-refractivity contribution is -0.144. The number of carbonyl (C=O) groups is 1. The number of hydrogen-bond acceptors (Lipinski definition) is 5. The number of aryl methyl sites for hydroxylation is 1. The summed E-state index contributed by atoms with van der Waals surface area (Å²) in [6.07, 6.45) is 1.39. The van der Waals surface area contributed by atoms with Gasteiger partial charge in [-0.25, -0.2) is 0 Å². The molecule has 0 saturated carbocycles. The van der Waals surface area contributed by atoms with Crippen LogP contribution in [0.5, 0.6) is 0 Å². The quantitative estimate of drug-likeness (QED) is 0.238. The van der Waals surface area contributed by atoms with Gasteiger partial charge in [-0.15, -0.1) is 0 Å². The molecule has 1 aliphatic heterocycles. The summed E-state index contributed by atoms with van der Waals surface area (Å²) < 4.78 is 34.2. The van der Waals surface area contributed by atoms with Gasteiger partial charge in [0.05, 0.1) is 23.6 Å². The van der Waals surface area contributed by atoms with E-state index in [-0.39, 0.29) is 17.9 Å². The standard InChI is InChI=1S/C27H26Cl2N2O4S/c1-3-4-15-35-26(32)17-25-24-16-21(29)11-14-23(24)27(19-7-9-20(28)10-8-19)30-31(25)36(33,34)22-12-5-18(2)6-13-22/h5-14,16,25H,3-4,15,17H2,1-2H3. The molecule has 1 heterocycles. The van der Waals surface area contributed by atoms with Crippen LogP contribution in [0.2, 0.25) is 10.0 Å². The molecule has 0 spiro atoms. The molecule has 0 amide bonds. The number of rotatable bonds is 8. The van der Waals surface area contributed by atoms with E-state index >= 15 is 0 Å². The minimum absolute atomic E-state index is 0.0714. The molecule has 0 saturated heterocycles. The van der Waals surface area contributed by atoms with Crippen molar-refractivity contribution >= 4 is 44.9 Å². The van der Waals surface area contributed by atoms with Crippen LogP contribution in [0, 0.1) is 6.92 Å². The third-order valence-electron chi connectivity index (χ3n) is 5.90. The zero-order valence-corrected chi connectivity index (χ0v) is 22.3. The van der Waals surface area contributed by atoms with E-state index in [0.29, 0.717) is 32.4 Å². The van der Waals surface area contributed by atoms with E-state index in [4.69, 9.17) is 27.9 Å². The van der Waals surface area contributed by atoms with Crippen molar-refractivity contribution in [3.05, 3.63) is 99.0 Å². The zero-order valence-electron chi connectivity index (χ0n) is 19.9. The van der Waals surface area contributed by atoms with Gasteiger partial charge in [-0.1, -0.05) is 72.4 Å². The van der Waals surface area contributed by atoms with Crippen molar-refractivity contribution in [1.82, 2.24) is 4.41 Å². The first-order valence-electron chi connectivity index (χ1n) is 11.6. The zero-order chi connectivity index (χ0) is 25.9. The van der Waals surface area contributed by atoms with Crippen LogP contribution in [0.1, 0.15) is 54.5 Å². The van der Waals surface area contributed by atoms with Crippen LogP contribution in [-0.4, -0.2) is 31.1 Å². The van der Waals surface area contributed by atoms with Crippen molar-refractivity contribution in [3.63, 3.8) is 0 Å². The molecule has 3 aromatic carbocycles. The summed E-state index contributed by atoms with van der Waals surface area (Å²) in [6, 6.07) is 17.7. The van der Waals surface area contributed by atoms with E-state index in [9.17, 15) is 13.2 Å². The SMILES string of the molecule is CCCCOC(=O)CC1c2cc(Cl)ccc2C(c2ccc(Cl)cc2)=NN1S(=O)(=O)c1ccc(C)cc1. The van der Waals surface area contributed by atoms with Crippen molar-refractivity contribution in [3.8, 4) is 0 Å². The van der Waals surface area contributed by atoms with Crippen LogP contribution >= 0.6 is 23.2 Å². The highest BCUT2D eigenvalue weighted by Crippen LogP contribution is 2.39. The summed E-state index contributed by atoms with van der Waals surface area (Å²) in [6.45, 7) is 4.14. The molecule has 0 bridgehead atoms. The van der Waals surface area contributed by atoms with Crippen molar-refractivity contribution in [2.75, 3.05) is 6.61 Å². The van der Waals surface area contributed by atoms with Crippen LogP contribution in [0.15, 0.2) is 76.7 Å². The number of benzene rings is 3. The Kier molecular flexibility index (Phi) is 8.03. The van der Waals surface area contributed by atoms with Gasteiger partial charge in [0.1, 0.15) is 6.04 Å². The molecular weight excluding hydrogens is 519 g/mol. The molecular formula is C27H26Cl2N2O4S. The monoisotopic (exact) mass is 544 g/mol. The first kappa shape index (κ1) is 26.2. The second kappa shape index (κ2) is 11.0. The van der Waals surface area contributed by atoms with Gasteiger partial charge in [-0.05, 0) is 55.3 Å². The summed E-state index contributed by atoms with van der Waals surface area (Å²) in [7, 11) is -4.13. The lowest BCUT2D eigenvalue weighted by atomic mass is 9.91. The fraction of sp³-hybridized carbons (Fsp3) is 0.259. The van der Waals surface area contributed by atoms with Gasteiger partial charge in [0.2, 0.25) is 0 Å². The Morgan fingerprint density at radius 3 is 2.33 bits per heavy atom. The molecule has 3 aromatic rings. The highest BCUT2D eigenvalue weighted by Gasteiger charge is 2.39. The molecule has 188 valence electrons. The molecule has 36 heavy (non-hydrogen) atoms. The van der Waals surface area contributed by atoms with Gasteiger partial charge in [0.25, 0.3) is 10.0 Å². The fourth-order valence-corrected chi connectivity index (χ4v) is 5.68. The van der Waals surface area contributed by atoms with Crippen molar-refractivity contribution in [2.45, 2.75) is 44.0 Å². The number of esters is 1. The largest absolute Gasteiger partial charge is 0.466 e. The molecule has 0 aromatic heterocycles. The van der Waals surface area contributed by atoms with Crippen LogP contribution in [0.3, 0.4) is 0 Å². The van der Waals surface area contributed by atoms with Crippen molar-refractivity contribution < 1.29 is 17.9 Å². The number of sulfonamides is 1. The Labute approximate surface area is 221 Å². The number of fused-ring (bicyclic) bond motifs is 1. The topological polar surface area (TPSA) is 76.0 Å². The number of nitrogens with zero attached hydrogens (tertiary/aromatic N) is 2. The van der Waals surface area contributed by atoms with Crippen LogP contribution < -0.4 is 0 Å². The molecule has 0 N–H and O–H groups in total. The Balaban J connectivity index is 1.87. The van der Waals surface area contributed by atoms with Gasteiger partial charge >= 0.3 is 5.97 Å². The predicted octanol–water partition coefficient (Wildman–Crippen LogP) is 6.53. The second-order valence-electron chi connectivity index (χ2n) is 8.57. The van der Waals surface area contributed by atoms with E-state index in [1.165, 1.54) is 12.1 Å². The molecule has 0 fully saturated rings. The average molecular weight is 545 g/mol. The van der Waals surface area contributed by atoms with Crippen LogP contribution in [-0.2, 0) is 19.6 Å². The number of hydrazone groups is 1. The van der Waals surface area contributed by atoms with Gasteiger partial charge in [-0.3, -0.25) is 4.79 Å². The molecule has 1 aliphatic rings. The van der Waals surface area contributed by atoms with Gasteiger partial charge in [0, 0.05) is 21.2 Å². The number of ether oxygens (including phenoxy) is 1. The van der Waals surface area contributed by atoms with Gasteiger partial charge in [0.15, 0.2) is 0 Å². The maximum Gasteiger partial charge on any atom is 0.308 e. The minimum atomic E-state index is -4.13. The van der Waals surface area contributed by atoms with E-state index in [1.807, 2.05) is 13.8 Å². The summed E-state index contributed by atoms with van der Waals surface area (Å²) in [5.74, 6) is -0.506. The van der Waals surface area contributed by atoms with Crippen molar-refractivity contribution in [1.29, 1.82) is 0 Å². The molecule has 9 heteroatoms. The summed E-state index contributed by atoms with van der Waals surface area (Å²) in [4.78, 5) is 12.9. The Morgan fingerprint density at radius 2 is 1.67 bits per heavy atom. The minimum Gasteiger partial charge on any atom is -0.466 e. The molecule has 6 nitrogen and oxygen atoms in total. The number of unbranched alkanes of at least 4 members (excludes halogenated alkanes) is 1. The maximum absolute atomic E-state index is 13.9. The third-order valence-corrected chi connectivity index (χ3v) is 8.08. The number of carbonyl (C=O) groups excluding carboxylic acids is 1. The molecule has 1 unspecified atom stereocenters. The normalized spacial score (nSPS) is 15.3. The molecule has 4 rings (SSSR count). The van der Waals surface area contributed by atoms with Crippen LogP contribution in [0.25, 0.3) is 0 Å². The average Bonchev–Trinajstić information content (AvgIpc) is 2.85. The highest BCUT2D eigenvalue weighted by molar-refractivity contribution is 7.89. The lowest BCUT2D eigenvalue weighted by Gasteiger charge is -2.34. The van der Waals surface area contributed by atoms with E-state index in [2.05, 4.69) is 5.10 Å². The summed E-state index contributed by atoms with van der Waals surface area (Å²) in [5.41, 5.74) is 3.29. The third kappa shape index (κ3) is 5.59. The second-order valence-corrected chi connectivity index (χ2v) is 11.2. The predicted molar refractivity (Wildman–Crippen MR) is 142 cm³/mol. The first-order chi connectivity index (χ1) is 17.2. The number of hydrogen-bond donors (Lipinski definition) is 0. The van der Waals surface area contributed by atoms with E-state index in [1.54, 1.807) is 54.6 Å². The van der Waals surface area contributed by atoms with Crippen LogP contribution in [0.4, 0.5) is 0 Å². The number of halogens is 2. The molecule has 1 atom stereocenters. The lowest BCUT2D eigenvalue weighted by Crippen LogP contribution is -2.37. The van der Waals surface area contributed by atoms with Gasteiger partial charge in [-0.2, -0.15) is 17.9 Å². The molecule has 0 radical (unpaired) electrons. The fourth-order valence-electron chi connectivity index (χ4n) is 3.96. The smallest absolute Gasteiger partial charge is 0.308 e. The van der Waals surface area contributed by atoms with Crippen molar-refractivity contribution in [2.24, 2.45) is 5.10 Å². The maximum atomic E-state index is 13.9. The summed E-state index contributed by atoms with van der Waals surface area (Å²) in [5, 5.41) is 5.59. The van der Waals surface area contributed by atoms with Gasteiger partial charge < -0.3 is 4.74 Å². The Bertz CT molecular complexity index is 1390. The molecule has 0 aliphatic carbocycles. The van der Waals surface area contributed by atoms with E-state index in [0.717, 1.165) is 22.8 Å². The van der Waals surface area contributed by atoms with E-state index < -0.39 is 22.0 Å².